The van der Waals surface area contributed by atoms with Gasteiger partial charge < -0.3 is 0 Å². The van der Waals surface area contributed by atoms with Crippen molar-refractivity contribution in [2.45, 2.75) is 44.4 Å². The molecule has 0 amide bonds. The minimum Gasteiger partial charge on any atom is -0.213 e. The van der Waals surface area contributed by atoms with Crippen LogP contribution in [0.1, 0.15) is 38.9 Å². The van der Waals surface area contributed by atoms with Crippen LogP contribution in [0.15, 0.2) is 4.34 Å². The smallest absolute Gasteiger partial charge is 0.170 e. The highest BCUT2D eigenvalue weighted by Crippen LogP contribution is 2.25. The van der Waals surface area contributed by atoms with Crippen LogP contribution < -0.4 is 0 Å². The van der Waals surface area contributed by atoms with Crippen LogP contribution in [-0.4, -0.2) is 15.1 Å². The van der Waals surface area contributed by atoms with Gasteiger partial charge in [0.15, 0.2) is 4.34 Å². The molecule has 1 heterocycles. The quantitative estimate of drug-likeness (QED) is 0.575. The molecule has 0 saturated heterocycles. The maximum atomic E-state index is 8.86. The van der Waals surface area contributed by atoms with Gasteiger partial charge in [-0.2, -0.15) is 9.64 Å². The summed E-state index contributed by atoms with van der Waals surface area (Å²) in [5.41, 5.74) is -0.177. The average Bonchev–Trinajstić information content (AvgIpc) is 2.64. The lowest BCUT2D eigenvalue weighted by molar-refractivity contribution is 0.433. The van der Waals surface area contributed by atoms with Crippen molar-refractivity contribution >= 4 is 23.3 Å². The fraction of sp³-hybridized carbons (Fsp3) is 0.727. The number of nitrogens with zero attached hydrogens (tertiary/aromatic N) is 3. The number of aryl methyl sites for hydroxylation is 1. The van der Waals surface area contributed by atoms with Gasteiger partial charge in [0, 0.05) is 5.75 Å². The van der Waals surface area contributed by atoms with Crippen molar-refractivity contribution in [3.63, 3.8) is 0 Å². The molecule has 0 N–H and O–H groups in total. The van der Waals surface area contributed by atoms with E-state index in [-0.39, 0.29) is 5.41 Å². The molecule has 88 valence electrons. The van der Waals surface area contributed by atoms with Gasteiger partial charge in [-0.1, -0.05) is 18.2 Å². The van der Waals surface area contributed by atoms with Crippen LogP contribution in [0.5, 0.6) is 0 Å². The first kappa shape index (κ1) is 13.5. The van der Waals surface area contributed by atoms with Crippen molar-refractivity contribution in [3.8, 4) is 6.07 Å². The van der Waals surface area contributed by atoms with Gasteiger partial charge in [-0.05, 0) is 45.1 Å². The summed E-state index contributed by atoms with van der Waals surface area (Å²) in [5, 5.41) is 8.86. The SMILES string of the molecule is Cc1nsc(SCCCCC(C)(C)C#N)n1. The highest BCUT2D eigenvalue weighted by Gasteiger charge is 2.15. The summed E-state index contributed by atoms with van der Waals surface area (Å²) in [6.45, 7) is 5.90. The first-order chi connectivity index (χ1) is 7.53. The molecular formula is C11H17N3S2. The third-order valence-corrected chi connectivity index (χ3v) is 4.24. The number of unbranched alkanes of at least 4 members (excludes halogenated alkanes) is 1. The monoisotopic (exact) mass is 255 g/mol. The van der Waals surface area contributed by atoms with Gasteiger partial charge in [-0.15, -0.1) is 0 Å². The predicted molar refractivity (Wildman–Crippen MR) is 68.6 cm³/mol. The Morgan fingerprint density at radius 3 is 2.75 bits per heavy atom. The Kier molecular flexibility index (Phi) is 5.23. The van der Waals surface area contributed by atoms with Crippen molar-refractivity contribution in [3.05, 3.63) is 5.82 Å². The fourth-order valence-electron chi connectivity index (χ4n) is 1.22. The molecule has 5 heteroatoms. The lowest BCUT2D eigenvalue weighted by atomic mass is 9.89. The second kappa shape index (κ2) is 6.21. The van der Waals surface area contributed by atoms with Crippen LogP contribution in [0.2, 0.25) is 0 Å². The number of nitriles is 1. The summed E-state index contributed by atoms with van der Waals surface area (Å²) in [7, 11) is 0. The van der Waals surface area contributed by atoms with Gasteiger partial charge in [0.25, 0.3) is 0 Å². The molecule has 1 rings (SSSR count). The van der Waals surface area contributed by atoms with Crippen LogP contribution in [0, 0.1) is 23.7 Å². The average molecular weight is 255 g/mol. The molecule has 0 aliphatic rings. The van der Waals surface area contributed by atoms with E-state index in [1.807, 2.05) is 20.8 Å². The van der Waals surface area contributed by atoms with Crippen molar-refractivity contribution in [1.29, 1.82) is 5.26 Å². The first-order valence-corrected chi connectivity index (χ1v) is 7.14. The molecule has 0 aliphatic carbocycles. The van der Waals surface area contributed by atoms with Crippen LogP contribution >= 0.6 is 23.3 Å². The summed E-state index contributed by atoms with van der Waals surface area (Å²) in [4.78, 5) is 4.29. The lowest BCUT2D eigenvalue weighted by Gasteiger charge is -2.13. The highest BCUT2D eigenvalue weighted by atomic mass is 32.2. The topological polar surface area (TPSA) is 49.6 Å². The van der Waals surface area contributed by atoms with Crippen molar-refractivity contribution < 1.29 is 0 Å². The molecule has 3 nitrogen and oxygen atoms in total. The predicted octanol–water partition coefficient (Wildman–Crippen LogP) is 3.66. The fourth-order valence-corrected chi connectivity index (χ4v) is 2.94. The van der Waals surface area contributed by atoms with Crippen LogP contribution in [-0.2, 0) is 0 Å². The second-order valence-corrected chi connectivity index (χ2v) is 6.50. The normalized spacial score (nSPS) is 11.4. The zero-order valence-electron chi connectivity index (χ0n) is 9.99. The molecule has 16 heavy (non-hydrogen) atoms. The molecule has 0 aliphatic heterocycles. The van der Waals surface area contributed by atoms with E-state index in [1.165, 1.54) is 11.5 Å². The Morgan fingerprint density at radius 2 is 2.19 bits per heavy atom. The lowest BCUT2D eigenvalue weighted by Crippen LogP contribution is -2.07. The zero-order valence-corrected chi connectivity index (χ0v) is 11.6. The van der Waals surface area contributed by atoms with Gasteiger partial charge in [0.1, 0.15) is 5.82 Å². The summed E-state index contributed by atoms with van der Waals surface area (Å²) in [6, 6.07) is 2.33. The third-order valence-electron chi connectivity index (χ3n) is 2.23. The van der Waals surface area contributed by atoms with Crippen molar-refractivity contribution in [1.82, 2.24) is 9.36 Å². The molecule has 0 radical (unpaired) electrons. The van der Waals surface area contributed by atoms with E-state index in [4.69, 9.17) is 5.26 Å². The van der Waals surface area contributed by atoms with Gasteiger partial charge in [-0.25, -0.2) is 4.98 Å². The Labute approximate surface area is 105 Å². The Hall–Kier alpha value is -0.600. The number of hydrogen-bond donors (Lipinski definition) is 0. The second-order valence-electron chi connectivity index (χ2n) is 4.41. The molecule has 0 fully saturated rings. The van der Waals surface area contributed by atoms with Crippen molar-refractivity contribution in [2.75, 3.05) is 5.75 Å². The third kappa shape index (κ3) is 4.95. The number of rotatable bonds is 6. The van der Waals surface area contributed by atoms with E-state index in [0.717, 1.165) is 35.2 Å². The van der Waals surface area contributed by atoms with E-state index in [2.05, 4.69) is 15.4 Å². The summed E-state index contributed by atoms with van der Waals surface area (Å²) >= 11 is 3.23. The standard InChI is InChI=1S/C11H17N3S2/c1-9-13-10(16-14-9)15-7-5-4-6-11(2,3)8-12/h4-7H2,1-3H3. The van der Waals surface area contributed by atoms with Crippen molar-refractivity contribution in [2.24, 2.45) is 5.41 Å². The molecule has 1 aromatic heterocycles. The number of hydrogen-bond acceptors (Lipinski definition) is 5. The molecule has 0 aromatic carbocycles. The first-order valence-electron chi connectivity index (χ1n) is 5.38. The minimum atomic E-state index is -0.177. The Balaban J connectivity index is 2.11. The molecule has 0 atom stereocenters. The highest BCUT2D eigenvalue weighted by molar-refractivity contribution is 8.00. The summed E-state index contributed by atoms with van der Waals surface area (Å²) in [6.07, 6.45) is 3.21. The maximum Gasteiger partial charge on any atom is 0.170 e. The van der Waals surface area contributed by atoms with Crippen LogP contribution in [0.4, 0.5) is 0 Å². The zero-order chi connectivity index (χ0) is 12.0. The molecule has 0 unspecified atom stereocenters. The molecular weight excluding hydrogens is 238 g/mol. The molecule has 0 saturated carbocycles. The van der Waals surface area contributed by atoms with E-state index in [1.54, 1.807) is 11.8 Å². The number of aromatic nitrogens is 2. The van der Waals surface area contributed by atoms with Crippen LogP contribution in [0.25, 0.3) is 0 Å². The van der Waals surface area contributed by atoms with Gasteiger partial charge in [0.2, 0.25) is 0 Å². The maximum absolute atomic E-state index is 8.86. The van der Waals surface area contributed by atoms with Gasteiger partial charge >= 0.3 is 0 Å². The van der Waals surface area contributed by atoms with E-state index in [9.17, 15) is 0 Å². The molecule has 0 spiro atoms. The Morgan fingerprint density at radius 1 is 1.44 bits per heavy atom. The van der Waals surface area contributed by atoms with Gasteiger partial charge in [0.05, 0.1) is 11.5 Å². The molecule has 0 bridgehead atoms. The molecule has 1 aromatic rings. The van der Waals surface area contributed by atoms with Crippen LogP contribution in [0.3, 0.4) is 0 Å². The summed E-state index contributed by atoms with van der Waals surface area (Å²) < 4.78 is 5.19. The number of thioether (sulfide) groups is 1. The van der Waals surface area contributed by atoms with E-state index >= 15 is 0 Å². The Bertz CT molecular complexity index is 366. The van der Waals surface area contributed by atoms with Gasteiger partial charge in [-0.3, -0.25) is 0 Å². The summed E-state index contributed by atoms with van der Waals surface area (Å²) in [5.74, 6) is 1.92. The van der Waals surface area contributed by atoms with E-state index < -0.39 is 0 Å². The van der Waals surface area contributed by atoms with E-state index in [0.29, 0.717) is 0 Å². The minimum absolute atomic E-state index is 0.177. The largest absolute Gasteiger partial charge is 0.213 e.